The Bertz CT molecular complexity index is 500. The summed E-state index contributed by atoms with van der Waals surface area (Å²) in [6.45, 7) is 5.73. The van der Waals surface area contributed by atoms with Gasteiger partial charge in [0.2, 0.25) is 0 Å². The highest BCUT2D eigenvalue weighted by atomic mass is 16.6. The molecule has 110 valence electrons. The fourth-order valence-corrected chi connectivity index (χ4v) is 2.06. The van der Waals surface area contributed by atoms with Crippen molar-refractivity contribution in [1.29, 1.82) is 0 Å². The molecule has 1 aromatic rings. The fraction of sp³-hybridized carbons (Fsp3) is 0.500. The number of carbonyl (C=O) groups excluding carboxylic acids is 1. The lowest BCUT2D eigenvalue weighted by atomic mass is 10.0. The van der Waals surface area contributed by atoms with Crippen LogP contribution < -0.4 is 0 Å². The van der Waals surface area contributed by atoms with Crippen molar-refractivity contribution in [3.8, 4) is 0 Å². The molecule has 0 saturated carbocycles. The van der Waals surface area contributed by atoms with E-state index in [9.17, 15) is 14.9 Å². The second-order valence-electron chi connectivity index (χ2n) is 4.90. The Labute approximate surface area is 118 Å². The van der Waals surface area contributed by atoms with E-state index < -0.39 is 4.92 Å². The van der Waals surface area contributed by atoms with Crippen molar-refractivity contribution in [1.82, 2.24) is 4.90 Å². The number of nitro benzene ring substituents is 1. The molecule has 6 nitrogen and oxygen atoms in total. The summed E-state index contributed by atoms with van der Waals surface area (Å²) in [5.41, 5.74) is 0.535. The molecule has 0 aliphatic carbocycles. The minimum absolute atomic E-state index is 0.0215. The topological polar surface area (TPSA) is 83.7 Å². The third-order valence-corrected chi connectivity index (χ3v) is 3.10. The molecule has 0 aliphatic heterocycles. The van der Waals surface area contributed by atoms with Crippen LogP contribution in [0.1, 0.15) is 36.2 Å². The molecule has 0 aromatic heterocycles. The number of nitrogens with zero attached hydrogens (tertiary/aromatic N) is 2. The molecular weight excluding hydrogens is 260 g/mol. The van der Waals surface area contributed by atoms with E-state index in [-0.39, 0.29) is 29.8 Å². The number of benzene rings is 1. The van der Waals surface area contributed by atoms with E-state index in [4.69, 9.17) is 5.11 Å². The highest BCUT2D eigenvalue weighted by molar-refractivity contribution is 5.99. The van der Waals surface area contributed by atoms with Crippen LogP contribution in [0.5, 0.6) is 0 Å². The Kier molecular flexibility index (Phi) is 5.64. The summed E-state index contributed by atoms with van der Waals surface area (Å²) < 4.78 is 0. The quantitative estimate of drug-likeness (QED) is 0.639. The van der Waals surface area contributed by atoms with Gasteiger partial charge in [0, 0.05) is 25.3 Å². The van der Waals surface area contributed by atoms with Crippen LogP contribution in [0.3, 0.4) is 0 Å². The number of aliphatic hydroxyl groups excluding tert-OH is 1. The predicted octanol–water partition coefficient (Wildman–Crippen LogP) is 2.14. The van der Waals surface area contributed by atoms with Crippen LogP contribution in [-0.2, 0) is 0 Å². The molecule has 1 N–H and O–H groups in total. The summed E-state index contributed by atoms with van der Waals surface area (Å²) in [4.78, 5) is 24.7. The van der Waals surface area contributed by atoms with Gasteiger partial charge in [-0.2, -0.15) is 0 Å². The number of carbonyl (C=O) groups is 1. The maximum absolute atomic E-state index is 12.6. The van der Waals surface area contributed by atoms with E-state index in [1.165, 1.54) is 6.07 Å². The number of nitro groups is 1. The van der Waals surface area contributed by atoms with Gasteiger partial charge in [-0.05, 0) is 32.8 Å². The average molecular weight is 280 g/mol. The highest BCUT2D eigenvalue weighted by Gasteiger charge is 2.27. The van der Waals surface area contributed by atoms with Crippen molar-refractivity contribution in [3.63, 3.8) is 0 Å². The van der Waals surface area contributed by atoms with E-state index in [1.807, 2.05) is 13.8 Å². The number of hydrogen-bond acceptors (Lipinski definition) is 4. The van der Waals surface area contributed by atoms with Crippen LogP contribution in [0.4, 0.5) is 5.69 Å². The summed E-state index contributed by atoms with van der Waals surface area (Å²) in [5.74, 6) is -0.363. The Balaban J connectivity index is 3.21. The summed E-state index contributed by atoms with van der Waals surface area (Å²) in [5, 5.41) is 20.0. The molecule has 1 rings (SSSR count). The minimum atomic E-state index is -0.537. The standard InChI is InChI=1S/C14H20N2O4/c1-10(2)15(8-5-9-17)14(18)13-11(3)6-4-7-12(13)16(19)20/h4,6-7,10,17H,5,8-9H2,1-3H3. The van der Waals surface area contributed by atoms with Gasteiger partial charge in [0.1, 0.15) is 5.56 Å². The second kappa shape index (κ2) is 7.00. The fourth-order valence-electron chi connectivity index (χ4n) is 2.06. The molecule has 0 radical (unpaired) electrons. The van der Waals surface area contributed by atoms with Gasteiger partial charge in [-0.3, -0.25) is 14.9 Å². The Morgan fingerprint density at radius 3 is 2.60 bits per heavy atom. The first-order valence-electron chi connectivity index (χ1n) is 6.56. The monoisotopic (exact) mass is 280 g/mol. The van der Waals surface area contributed by atoms with Crippen LogP contribution >= 0.6 is 0 Å². The molecule has 0 spiro atoms. The van der Waals surface area contributed by atoms with Crippen molar-refractivity contribution >= 4 is 11.6 Å². The van der Waals surface area contributed by atoms with E-state index >= 15 is 0 Å². The molecule has 1 amide bonds. The smallest absolute Gasteiger partial charge is 0.282 e. The lowest BCUT2D eigenvalue weighted by Crippen LogP contribution is -2.38. The SMILES string of the molecule is Cc1cccc([N+](=O)[O-])c1C(=O)N(CCCO)C(C)C. The highest BCUT2D eigenvalue weighted by Crippen LogP contribution is 2.24. The molecule has 0 atom stereocenters. The van der Waals surface area contributed by atoms with Crippen LogP contribution in [0.15, 0.2) is 18.2 Å². The first-order valence-corrected chi connectivity index (χ1v) is 6.56. The Morgan fingerprint density at radius 2 is 2.10 bits per heavy atom. The average Bonchev–Trinajstić information content (AvgIpc) is 2.38. The number of aliphatic hydroxyl groups is 1. The van der Waals surface area contributed by atoms with Gasteiger partial charge < -0.3 is 10.0 Å². The third-order valence-electron chi connectivity index (χ3n) is 3.10. The third kappa shape index (κ3) is 3.54. The number of amides is 1. The number of hydrogen-bond donors (Lipinski definition) is 1. The molecule has 20 heavy (non-hydrogen) atoms. The summed E-state index contributed by atoms with van der Waals surface area (Å²) >= 11 is 0. The zero-order valence-electron chi connectivity index (χ0n) is 12.0. The Morgan fingerprint density at radius 1 is 1.45 bits per heavy atom. The van der Waals surface area contributed by atoms with E-state index in [0.717, 1.165) is 0 Å². The van der Waals surface area contributed by atoms with E-state index in [1.54, 1.807) is 24.0 Å². The number of rotatable bonds is 6. The lowest BCUT2D eigenvalue weighted by molar-refractivity contribution is -0.385. The second-order valence-corrected chi connectivity index (χ2v) is 4.90. The van der Waals surface area contributed by atoms with Crippen molar-refractivity contribution in [3.05, 3.63) is 39.4 Å². The van der Waals surface area contributed by atoms with E-state index in [0.29, 0.717) is 18.5 Å². The lowest BCUT2D eigenvalue weighted by Gasteiger charge is -2.27. The summed E-state index contributed by atoms with van der Waals surface area (Å²) in [6.07, 6.45) is 0.448. The molecule has 6 heteroatoms. The van der Waals surface area contributed by atoms with E-state index in [2.05, 4.69) is 0 Å². The zero-order chi connectivity index (χ0) is 15.3. The van der Waals surface area contributed by atoms with Gasteiger partial charge in [0.05, 0.1) is 4.92 Å². The van der Waals surface area contributed by atoms with Crippen molar-refractivity contribution < 1.29 is 14.8 Å². The maximum Gasteiger partial charge on any atom is 0.282 e. The Hall–Kier alpha value is -1.95. The van der Waals surface area contributed by atoms with Gasteiger partial charge in [-0.1, -0.05) is 12.1 Å². The van der Waals surface area contributed by atoms with Crippen molar-refractivity contribution in [2.24, 2.45) is 0 Å². The molecule has 0 bridgehead atoms. The maximum atomic E-state index is 12.6. The van der Waals surface area contributed by atoms with Crippen LogP contribution in [0.2, 0.25) is 0 Å². The molecule has 0 fully saturated rings. The molecule has 0 heterocycles. The van der Waals surface area contributed by atoms with Crippen LogP contribution in [0, 0.1) is 17.0 Å². The normalized spacial score (nSPS) is 10.7. The summed E-state index contributed by atoms with van der Waals surface area (Å²) in [7, 11) is 0. The minimum Gasteiger partial charge on any atom is -0.396 e. The molecule has 0 saturated heterocycles. The first-order chi connectivity index (χ1) is 9.40. The van der Waals surface area contributed by atoms with Crippen LogP contribution in [0.25, 0.3) is 0 Å². The largest absolute Gasteiger partial charge is 0.396 e. The van der Waals surface area contributed by atoms with Gasteiger partial charge in [0.15, 0.2) is 0 Å². The predicted molar refractivity (Wildman–Crippen MR) is 75.7 cm³/mol. The molecule has 0 unspecified atom stereocenters. The van der Waals surface area contributed by atoms with Gasteiger partial charge in [-0.25, -0.2) is 0 Å². The summed E-state index contributed by atoms with van der Waals surface area (Å²) in [6, 6.07) is 4.50. The van der Waals surface area contributed by atoms with Crippen molar-refractivity contribution in [2.75, 3.05) is 13.2 Å². The molecule has 0 aliphatic rings. The van der Waals surface area contributed by atoms with Gasteiger partial charge in [-0.15, -0.1) is 0 Å². The zero-order valence-corrected chi connectivity index (χ0v) is 12.0. The van der Waals surface area contributed by atoms with Crippen molar-refractivity contribution in [2.45, 2.75) is 33.2 Å². The molecular formula is C14H20N2O4. The van der Waals surface area contributed by atoms with Crippen LogP contribution in [-0.4, -0.2) is 40.0 Å². The van der Waals surface area contributed by atoms with Gasteiger partial charge >= 0.3 is 0 Å². The number of aryl methyl sites for hydroxylation is 1. The first kappa shape index (κ1) is 16.1. The van der Waals surface area contributed by atoms with Gasteiger partial charge in [0.25, 0.3) is 11.6 Å². The molecule has 1 aromatic carbocycles.